The number of nitrogens with one attached hydrogen (secondary N) is 1. The van der Waals surface area contributed by atoms with E-state index >= 15 is 0 Å². The maximum Gasteiger partial charge on any atom is 0.418 e. The third-order valence-corrected chi connectivity index (χ3v) is 4.82. The molecule has 3 N–H and O–H groups in total. The van der Waals surface area contributed by atoms with Crippen molar-refractivity contribution in [2.45, 2.75) is 26.1 Å². The van der Waals surface area contributed by atoms with Gasteiger partial charge in [0.15, 0.2) is 0 Å². The molecule has 9 heteroatoms. The van der Waals surface area contributed by atoms with Crippen LogP contribution in [0.3, 0.4) is 0 Å². The molecule has 28 heavy (non-hydrogen) atoms. The fourth-order valence-corrected chi connectivity index (χ4v) is 3.20. The van der Waals surface area contributed by atoms with Gasteiger partial charge in [0.2, 0.25) is 5.78 Å². The summed E-state index contributed by atoms with van der Waals surface area (Å²) in [6.07, 6.45) is -3.34. The summed E-state index contributed by atoms with van der Waals surface area (Å²) in [6, 6.07) is 5.21. The fourth-order valence-electron chi connectivity index (χ4n) is 3.20. The zero-order chi connectivity index (χ0) is 20.5. The van der Waals surface area contributed by atoms with Crippen LogP contribution in [0.25, 0.3) is 0 Å². The number of pyridine rings is 2. The number of hydrogen-bond donors (Lipinski definition) is 2. The molecule has 0 aliphatic carbocycles. The van der Waals surface area contributed by atoms with Gasteiger partial charge in [-0.05, 0) is 30.2 Å². The molecule has 0 spiro atoms. The van der Waals surface area contributed by atoms with Gasteiger partial charge in [-0.2, -0.15) is 13.2 Å². The number of nitrogen functional groups attached to an aromatic ring is 1. The smallest absolute Gasteiger partial charge is 0.383 e. The summed E-state index contributed by atoms with van der Waals surface area (Å²) < 4.78 is 40.5. The average molecular weight is 397 g/mol. The number of alkyl halides is 3. The number of piperazine rings is 1. The zero-order valence-corrected chi connectivity index (χ0v) is 15.6. The van der Waals surface area contributed by atoms with E-state index in [2.05, 4.69) is 29.1 Å². The van der Waals surface area contributed by atoms with Crippen molar-refractivity contribution in [3.8, 4) is 0 Å². The second-order valence-corrected chi connectivity index (χ2v) is 7.08. The Morgan fingerprint density at radius 2 is 2.11 bits per heavy atom. The van der Waals surface area contributed by atoms with Crippen molar-refractivity contribution in [1.82, 2.24) is 15.3 Å². The molecule has 1 saturated heterocycles. The molecule has 0 aromatic carbocycles. The van der Waals surface area contributed by atoms with Crippen molar-refractivity contribution in [3.05, 3.63) is 47.3 Å². The van der Waals surface area contributed by atoms with Crippen molar-refractivity contribution in [3.63, 3.8) is 0 Å². The van der Waals surface area contributed by atoms with E-state index in [9.17, 15) is 18.0 Å². The molecule has 0 amide bonds. The quantitative estimate of drug-likeness (QED) is 0.771. The molecule has 0 saturated carbocycles. The second kappa shape index (κ2) is 7.75. The number of nitrogens with zero attached hydrogens (tertiary/aromatic N) is 3. The van der Waals surface area contributed by atoms with Crippen LogP contribution in [0.5, 0.6) is 0 Å². The first kappa shape index (κ1) is 20.1. The number of halogens is 3. The first-order valence-electron chi connectivity index (χ1n) is 9.00. The van der Waals surface area contributed by atoms with Crippen LogP contribution in [0.4, 0.5) is 24.8 Å². The van der Waals surface area contributed by atoms with Gasteiger partial charge in [-0.3, -0.25) is 4.79 Å². The van der Waals surface area contributed by atoms with Gasteiger partial charge < -0.3 is 16.0 Å². The van der Waals surface area contributed by atoms with E-state index in [0.717, 1.165) is 6.07 Å². The minimum atomic E-state index is -4.71. The van der Waals surface area contributed by atoms with E-state index in [1.165, 1.54) is 24.4 Å². The van der Waals surface area contributed by atoms with Gasteiger partial charge in [0.05, 0.1) is 11.1 Å². The standard InChI is InChI=1S/C19H22F3N5O.2H2/c1-11(2)14-10-27(9-8-24-14)15-6-5-13(19(20,21)22)16(26-15)17(28)12-4-3-7-25-18(12)23;;/h3-7,11,14,24H,8-10H2,1-2H3,(H2,23,25);2*1H/t14-;;/m1../s1. The topological polar surface area (TPSA) is 84.1 Å². The van der Waals surface area contributed by atoms with Gasteiger partial charge >= 0.3 is 6.18 Å². The summed E-state index contributed by atoms with van der Waals surface area (Å²) in [5, 5.41) is 3.38. The molecule has 3 heterocycles. The number of rotatable bonds is 4. The molecule has 2 aromatic rings. The highest BCUT2D eigenvalue weighted by Gasteiger charge is 2.37. The van der Waals surface area contributed by atoms with Crippen molar-refractivity contribution < 1.29 is 20.8 Å². The summed E-state index contributed by atoms with van der Waals surface area (Å²) >= 11 is 0. The summed E-state index contributed by atoms with van der Waals surface area (Å²) in [4.78, 5) is 22.6. The van der Waals surface area contributed by atoms with Crippen molar-refractivity contribution in [2.24, 2.45) is 5.92 Å². The molecule has 0 unspecified atom stereocenters. The van der Waals surface area contributed by atoms with Gasteiger partial charge in [-0.1, -0.05) is 13.8 Å². The Bertz CT molecular complexity index is 879. The lowest BCUT2D eigenvalue weighted by Gasteiger charge is -2.36. The fraction of sp³-hybridized carbons (Fsp3) is 0.421. The number of carbonyl (C=O) groups is 1. The molecule has 1 aliphatic rings. The van der Waals surface area contributed by atoms with Crippen LogP contribution >= 0.6 is 0 Å². The predicted molar refractivity (Wildman–Crippen MR) is 104 cm³/mol. The second-order valence-electron chi connectivity index (χ2n) is 7.08. The van der Waals surface area contributed by atoms with E-state index < -0.39 is 23.2 Å². The normalized spacial score (nSPS) is 17.8. The van der Waals surface area contributed by atoms with E-state index in [0.29, 0.717) is 31.4 Å². The molecule has 154 valence electrons. The molecule has 6 nitrogen and oxygen atoms in total. The van der Waals surface area contributed by atoms with Gasteiger partial charge in [0.25, 0.3) is 0 Å². The molecule has 1 fully saturated rings. The van der Waals surface area contributed by atoms with Crippen LogP contribution in [0.1, 0.15) is 38.3 Å². The van der Waals surface area contributed by atoms with Gasteiger partial charge in [0.1, 0.15) is 17.3 Å². The zero-order valence-electron chi connectivity index (χ0n) is 15.6. The van der Waals surface area contributed by atoms with Crippen molar-refractivity contribution in [2.75, 3.05) is 30.3 Å². The third kappa shape index (κ3) is 4.09. The summed E-state index contributed by atoms with van der Waals surface area (Å²) in [5.74, 6) is -0.329. The molecule has 0 bridgehead atoms. The average Bonchev–Trinajstić information content (AvgIpc) is 2.66. The van der Waals surface area contributed by atoms with E-state index in [1.54, 1.807) is 0 Å². The molecular formula is C19H26F3N5O. The van der Waals surface area contributed by atoms with Crippen LogP contribution in [0, 0.1) is 5.92 Å². The Kier molecular flexibility index (Phi) is 5.55. The number of aromatic nitrogens is 2. The first-order valence-corrected chi connectivity index (χ1v) is 9.00. The Morgan fingerprint density at radius 1 is 1.36 bits per heavy atom. The van der Waals surface area contributed by atoms with E-state index in [4.69, 9.17) is 5.73 Å². The van der Waals surface area contributed by atoms with Crippen LogP contribution in [0.2, 0.25) is 0 Å². The highest BCUT2D eigenvalue weighted by Crippen LogP contribution is 2.34. The van der Waals surface area contributed by atoms with Crippen LogP contribution in [-0.4, -0.2) is 41.4 Å². The minimum absolute atomic E-state index is 0. The number of hydrogen-bond acceptors (Lipinski definition) is 6. The summed E-state index contributed by atoms with van der Waals surface area (Å²) in [6.45, 7) is 6.01. The largest absolute Gasteiger partial charge is 0.418 e. The van der Waals surface area contributed by atoms with Crippen molar-refractivity contribution >= 4 is 17.4 Å². The predicted octanol–water partition coefficient (Wildman–Crippen LogP) is 3.23. The highest BCUT2D eigenvalue weighted by molar-refractivity contribution is 6.11. The van der Waals surface area contributed by atoms with Gasteiger partial charge in [-0.15, -0.1) is 0 Å². The Balaban J connectivity index is 0.00000225. The van der Waals surface area contributed by atoms with Crippen LogP contribution in [-0.2, 0) is 6.18 Å². The Hall–Kier alpha value is -2.68. The number of ketones is 1. The lowest BCUT2D eigenvalue weighted by Crippen LogP contribution is -2.53. The first-order chi connectivity index (χ1) is 13.2. The molecule has 3 rings (SSSR count). The van der Waals surface area contributed by atoms with E-state index in [1.807, 2.05) is 4.90 Å². The highest BCUT2D eigenvalue weighted by atomic mass is 19.4. The SMILES string of the molecule is CC(C)[C@H]1CN(c2ccc(C(F)(F)F)c(C(=O)c3cccnc3N)n2)CCN1.[HH].[HH]. The minimum Gasteiger partial charge on any atom is -0.383 e. The van der Waals surface area contributed by atoms with Crippen molar-refractivity contribution in [1.29, 1.82) is 0 Å². The van der Waals surface area contributed by atoms with Crippen LogP contribution < -0.4 is 16.0 Å². The van der Waals surface area contributed by atoms with Crippen LogP contribution in [0.15, 0.2) is 30.5 Å². The maximum absolute atomic E-state index is 13.5. The molecule has 2 aromatic heterocycles. The number of anilines is 2. The summed E-state index contributed by atoms with van der Waals surface area (Å²) in [5.41, 5.74) is 3.85. The number of carbonyl (C=O) groups excluding carboxylic acids is 1. The van der Waals surface area contributed by atoms with Gasteiger partial charge in [-0.25, -0.2) is 9.97 Å². The monoisotopic (exact) mass is 397 g/mol. The third-order valence-electron chi connectivity index (χ3n) is 4.82. The number of nitrogens with two attached hydrogens (primary N) is 1. The lowest BCUT2D eigenvalue weighted by molar-refractivity contribution is -0.138. The Labute approximate surface area is 163 Å². The molecule has 0 radical (unpaired) electrons. The van der Waals surface area contributed by atoms with Gasteiger partial charge in [0, 0.05) is 34.7 Å². The molecule has 1 aliphatic heterocycles. The molecule has 1 atom stereocenters. The van der Waals surface area contributed by atoms with E-state index in [-0.39, 0.29) is 20.3 Å². The lowest BCUT2D eigenvalue weighted by atomic mass is 10.0. The Morgan fingerprint density at radius 3 is 2.75 bits per heavy atom. The maximum atomic E-state index is 13.5. The summed E-state index contributed by atoms with van der Waals surface area (Å²) in [7, 11) is 0. The molecular weight excluding hydrogens is 371 g/mol.